The summed E-state index contributed by atoms with van der Waals surface area (Å²) in [7, 11) is 3.62. The number of amides is 2. The summed E-state index contributed by atoms with van der Waals surface area (Å²) in [5.74, 6) is 1.78. The molecule has 5 aromatic rings. The average molecular weight is 605 g/mol. The van der Waals surface area contributed by atoms with Gasteiger partial charge >= 0.3 is 0 Å². The molecule has 1 aliphatic heterocycles. The van der Waals surface area contributed by atoms with Gasteiger partial charge in [0.15, 0.2) is 5.82 Å². The summed E-state index contributed by atoms with van der Waals surface area (Å²) in [6.45, 7) is 3.36. The highest BCUT2D eigenvalue weighted by atomic mass is 16.5. The van der Waals surface area contributed by atoms with E-state index in [1.165, 1.54) is 12.8 Å². The molecule has 0 spiro atoms. The topological polar surface area (TPSA) is 147 Å². The van der Waals surface area contributed by atoms with E-state index in [9.17, 15) is 9.59 Å². The second-order valence-corrected chi connectivity index (χ2v) is 12.9. The van der Waals surface area contributed by atoms with Gasteiger partial charge in [-0.15, -0.1) is 0 Å². The van der Waals surface area contributed by atoms with Crippen molar-refractivity contribution in [2.75, 3.05) is 13.7 Å². The maximum atomic E-state index is 13.7. The first-order chi connectivity index (χ1) is 21.7. The van der Waals surface area contributed by atoms with Crippen LogP contribution >= 0.6 is 0 Å². The van der Waals surface area contributed by atoms with E-state index < -0.39 is 5.91 Å². The first-order valence-electron chi connectivity index (χ1n) is 15.6. The lowest BCUT2D eigenvalue weighted by Crippen LogP contribution is -2.41. The number of carbonyl (C=O) groups excluding carboxylic acids is 2. The van der Waals surface area contributed by atoms with Crippen LogP contribution in [0.1, 0.15) is 52.1 Å². The van der Waals surface area contributed by atoms with Crippen molar-refractivity contribution in [3.63, 3.8) is 0 Å². The van der Waals surface area contributed by atoms with Gasteiger partial charge in [0.05, 0.1) is 24.0 Å². The van der Waals surface area contributed by atoms with E-state index in [0.29, 0.717) is 40.8 Å². The minimum absolute atomic E-state index is 0.0155. The third kappa shape index (κ3) is 4.40. The molecule has 2 aliphatic carbocycles. The number of primary amides is 1. The summed E-state index contributed by atoms with van der Waals surface area (Å²) in [5.41, 5.74) is 18.4. The molecule has 45 heavy (non-hydrogen) atoms. The Morgan fingerprint density at radius 2 is 1.89 bits per heavy atom. The molecule has 4 N–H and O–H groups in total. The minimum atomic E-state index is -0.548. The monoisotopic (exact) mass is 604 g/mol. The van der Waals surface area contributed by atoms with E-state index in [-0.39, 0.29) is 23.7 Å². The summed E-state index contributed by atoms with van der Waals surface area (Å²) in [6.07, 6.45) is 6.06. The fraction of sp³-hybridized carbons (Fsp3) is 0.382. The smallest absolute Gasteiger partial charge is 0.267 e. The van der Waals surface area contributed by atoms with Crippen LogP contribution in [0.4, 0.5) is 0 Å². The molecule has 1 aromatic carbocycles. The molecule has 2 amide bonds. The lowest BCUT2D eigenvalue weighted by atomic mass is 10.1. The zero-order valence-electron chi connectivity index (χ0n) is 25.7. The molecule has 2 saturated carbocycles. The second-order valence-electron chi connectivity index (χ2n) is 12.9. The summed E-state index contributed by atoms with van der Waals surface area (Å²) in [5, 5.41) is 1.00. The largest absolute Gasteiger partial charge is 0.494 e. The Hall–Kier alpha value is -4.77. The van der Waals surface area contributed by atoms with Crippen molar-refractivity contribution in [3.05, 3.63) is 59.4 Å². The van der Waals surface area contributed by atoms with Gasteiger partial charge in [-0.3, -0.25) is 14.6 Å². The molecule has 3 unspecified atom stereocenters. The normalized spacial score (nSPS) is 20.9. The Balaban J connectivity index is 1.23. The van der Waals surface area contributed by atoms with Crippen molar-refractivity contribution < 1.29 is 14.3 Å². The molecule has 0 radical (unpaired) electrons. The van der Waals surface area contributed by atoms with Crippen LogP contribution < -0.4 is 16.2 Å². The average Bonchev–Trinajstić information content (AvgIpc) is 3.44. The van der Waals surface area contributed by atoms with E-state index >= 15 is 0 Å². The number of hydrogen-bond donors (Lipinski definition) is 2. The first kappa shape index (κ1) is 27.8. The highest BCUT2D eigenvalue weighted by Gasteiger charge is 2.47. The third-order valence-electron chi connectivity index (χ3n) is 10.0. The van der Waals surface area contributed by atoms with E-state index in [4.69, 9.17) is 26.2 Å². The molecule has 3 fully saturated rings. The molecular weight excluding hydrogens is 568 g/mol. The van der Waals surface area contributed by atoms with Gasteiger partial charge in [0.2, 0.25) is 0 Å². The van der Waals surface area contributed by atoms with Crippen LogP contribution in [0.3, 0.4) is 0 Å². The van der Waals surface area contributed by atoms with E-state index in [1.54, 1.807) is 13.3 Å². The number of benzene rings is 1. The Bertz CT molecular complexity index is 2040. The summed E-state index contributed by atoms with van der Waals surface area (Å²) in [4.78, 5) is 41.9. The Labute approximate surface area is 260 Å². The Kier molecular flexibility index (Phi) is 6.25. The molecule has 230 valence electrons. The predicted octanol–water partition coefficient (Wildman–Crippen LogP) is 4.04. The van der Waals surface area contributed by atoms with Crippen LogP contribution in [0.2, 0.25) is 0 Å². The molecule has 5 heterocycles. The number of carbonyl (C=O) groups is 2. The molecule has 4 aromatic heterocycles. The van der Waals surface area contributed by atoms with Gasteiger partial charge in [0.25, 0.3) is 11.8 Å². The lowest BCUT2D eigenvalue weighted by molar-refractivity contribution is 0.0700. The number of nitrogens with two attached hydrogens (primary N) is 2. The van der Waals surface area contributed by atoms with Gasteiger partial charge in [-0.05, 0) is 86.4 Å². The fourth-order valence-electron chi connectivity index (χ4n) is 7.46. The van der Waals surface area contributed by atoms with Crippen LogP contribution in [-0.2, 0) is 13.6 Å². The molecule has 3 aliphatic rings. The number of nitrogens with zero attached hydrogens (tertiary/aromatic N) is 6. The van der Waals surface area contributed by atoms with Crippen LogP contribution in [0.25, 0.3) is 44.8 Å². The van der Waals surface area contributed by atoms with Crippen LogP contribution in [0.5, 0.6) is 5.75 Å². The second kappa shape index (κ2) is 10.1. The zero-order valence-corrected chi connectivity index (χ0v) is 25.7. The summed E-state index contributed by atoms with van der Waals surface area (Å²) >= 11 is 0. The highest BCUT2D eigenvalue weighted by Crippen LogP contribution is 2.40. The number of piperidine rings is 1. The number of methoxy groups -OCH3 is 1. The number of ether oxygens (including phenoxy) is 1. The van der Waals surface area contributed by atoms with Crippen molar-refractivity contribution in [1.82, 2.24) is 29.0 Å². The lowest BCUT2D eigenvalue weighted by Gasteiger charge is -2.27. The molecule has 8 rings (SSSR count). The molecule has 11 nitrogen and oxygen atoms in total. The first-order valence-corrected chi connectivity index (χ1v) is 15.6. The van der Waals surface area contributed by atoms with Crippen molar-refractivity contribution in [3.8, 4) is 28.5 Å². The fourth-order valence-corrected chi connectivity index (χ4v) is 7.46. The highest BCUT2D eigenvalue weighted by molar-refractivity contribution is 6.00. The maximum absolute atomic E-state index is 13.7. The van der Waals surface area contributed by atoms with Gasteiger partial charge in [-0.25, -0.2) is 9.97 Å². The van der Waals surface area contributed by atoms with Gasteiger partial charge in [0, 0.05) is 54.9 Å². The van der Waals surface area contributed by atoms with Crippen LogP contribution in [0.15, 0.2) is 42.6 Å². The Morgan fingerprint density at radius 3 is 2.56 bits per heavy atom. The van der Waals surface area contributed by atoms with Gasteiger partial charge < -0.3 is 30.2 Å². The van der Waals surface area contributed by atoms with Crippen molar-refractivity contribution in [1.29, 1.82) is 0 Å². The van der Waals surface area contributed by atoms with E-state index in [2.05, 4.69) is 21.7 Å². The van der Waals surface area contributed by atoms with Crippen molar-refractivity contribution >= 4 is 33.9 Å². The quantitative estimate of drug-likeness (QED) is 0.285. The maximum Gasteiger partial charge on any atom is 0.267 e. The minimum Gasteiger partial charge on any atom is -0.494 e. The number of pyridine rings is 2. The molecule has 1 saturated heterocycles. The zero-order chi connectivity index (χ0) is 31.1. The van der Waals surface area contributed by atoms with Crippen molar-refractivity contribution in [2.24, 2.45) is 30.4 Å². The number of likely N-dealkylation sites (tertiary alicyclic amines) is 1. The van der Waals surface area contributed by atoms with E-state index in [1.807, 2.05) is 47.7 Å². The standard InChI is InChI=1S/C34H36N8O3/c1-17-10-22(14-37-29(17)31(36)43)23-8-6-19-12-26(41(32(19)38-23)15-18-4-5-18)33-39-24-11-21(13-27(45-3)30(24)40(33)2)34(44)42-16-20-7-9-25(42)28(20)35/h6,8,10-14,18,20,25,28H,4-5,7,9,15-16,35H2,1-3H3,(H2,36,43). The van der Waals surface area contributed by atoms with Crippen molar-refractivity contribution in [2.45, 2.75) is 51.2 Å². The Morgan fingerprint density at radius 1 is 1.07 bits per heavy atom. The summed E-state index contributed by atoms with van der Waals surface area (Å²) < 4.78 is 10.2. The van der Waals surface area contributed by atoms with Crippen LogP contribution in [-0.4, -0.2) is 66.5 Å². The van der Waals surface area contributed by atoms with Gasteiger partial charge in [0.1, 0.15) is 22.6 Å². The number of aryl methyl sites for hydroxylation is 2. The molecule has 3 atom stereocenters. The third-order valence-corrected chi connectivity index (χ3v) is 10.0. The van der Waals surface area contributed by atoms with Crippen LogP contribution in [0, 0.1) is 18.8 Å². The number of imidazole rings is 1. The molecule has 2 bridgehead atoms. The number of hydrogen-bond acceptors (Lipinski definition) is 7. The summed E-state index contributed by atoms with van der Waals surface area (Å²) in [6, 6.07) is 11.9. The van der Waals surface area contributed by atoms with Gasteiger partial charge in [-0.2, -0.15) is 0 Å². The SMILES string of the molecule is COc1cc(C(=O)N2CC3CCC2C3N)cc2nc(-c3cc4ccc(-c5cnc(C(N)=O)c(C)c5)nc4n3CC3CC3)n(C)c12. The molecule has 11 heteroatoms. The number of fused-ring (bicyclic) bond motifs is 4. The number of aromatic nitrogens is 5. The van der Waals surface area contributed by atoms with E-state index in [0.717, 1.165) is 58.7 Å². The predicted molar refractivity (Wildman–Crippen MR) is 171 cm³/mol. The molecular formula is C34H36N8O3. The number of rotatable bonds is 7. The van der Waals surface area contributed by atoms with Gasteiger partial charge in [-0.1, -0.05) is 0 Å².